The molecule has 162 valence electrons. The summed E-state index contributed by atoms with van der Waals surface area (Å²) in [4.78, 5) is 27.6. The highest BCUT2D eigenvalue weighted by Gasteiger charge is 2.28. The molecule has 0 heterocycles. The number of nitrogens with zero attached hydrogens (tertiary/aromatic N) is 1. The highest BCUT2D eigenvalue weighted by Crippen LogP contribution is 2.23. The van der Waals surface area contributed by atoms with E-state index in [9.17, 15) is 9.59 Å². The van der Waals surface area contributed by atoms with Crippen LogP contribution < -0.4 is 10.1 Å². The lowest BCUT2D eigenvalue weighted by Gasteiger charge is -2.31. The Morgan fingerprint density at radius 2 is 1.63 bits per heavy atom. The molecule has 0 aliphatic heterocycles. The van der Waals surface area contributed by atoms with Gasteiger partial charge in [-0.15, -0.1) is 0 Å². The number of carbonyl (C=O) groups is 2. The number of benzene rings is 2. The van der Waals surface area contributed by atoms with E-state index in [0.29, 0.717) is 16.6 Å². The van der Waals surface area contributed by atoms with Crippen LogP contribution in [0, 0.1) is 0 Å². The van der Waals surface area contributed by atoms with Crippen LogP contribution in [-0.2, 0) is 22.6 Å². The summed E-state index contributed by atoms with van der Waals surface area (Å²) in [5, 5.41) is 3.77. The molecule has 1 N–H and O–H groups in total. The van der Waals surface area contributed by atoms with Crippen LogP contribution in [0.15, 0.2) is 42.5 Å². The summed E-state index contributed by atoms with van der Waals surface area (Å²) in [6, 6.07) is 11.9. The van der Waals surface area contributed by atoms with Crippen LogP contribution in [-0.4, -0.2) is 35.4 Å². The van der Waals surface area contributed by atoms with Crippen LogP contribution in [0.3, 0.4) is 0 Å². The van der Waals surface area contributed by atoms with E-state index < -0.39 is 11.6 Å². The van der Waals surface area contributed by atoms with Crippen LogP contribution in [0.2, 0.25) is 10.0 Å². The third-order valence-corrected chi connectivity index (χ3v) is 5.26. The second-order valence-electron chi connectivity index (χ2n) is 8.21. The van der Waals surface area contributed by atoms with Crippen LogP contribution in [0.1, 0.15) is 38.8 Å². The second kappa shape index (κ2) is 10.2. The number of methoxy groups -OCH3 is 1. The molecule has 2 rings (SSSR count). The number of halogens is 2. The van der Waals surface area contributed by atoms with Crippen LogP contribution in [0.5, 0.6) is 5.75 Å². The topological polar surface area (TPSA) is 58.6 Å². The minimum atomic E-state index is -0.651. The van der Waals surface area contributed by atoms with Crippen LogP contribution >= 0.6 is 23.2 Å². The van der Waals surface area contributed by atoms with Gasteiger partial charge in [0.05, 0.1) is 23.6 Å². The molecule has 0 aliphatic carbocycles. The first-order valence-corrected chi connectivity index (χ1v) is 10.4. The van der Waals surface area contributed by atoms with Crippen molar-refractivity contribution in [3.63, 3.8) is 0 Å². The Kier molecular flexibility index (Phi) is 8.16. The number of carbonyl (C=O) groups excluding carboxylic acids is 2. The van der Waals surface area contributed by atoms with Gasteiger partial charge in [0.15, 0.2) is 0 Å². The van der Waals surface area contributed by atoms with Gasteiger partial charge in [0.25, 0.3) is 0 Å². The van der Waals surface area contributed by atoms with Gasteiger partial charge in [-0.1, -0.05) is 41.4 Å². The molecule has 0 bridgehead atoms. The summed E-state index contributed by atoms with van der Waals surface area (Å²) >= 11 is 12.1. The number of amides is 2. The van der Waals surface area contributed by atoms with Gasteiger partial charge in [-0.05, 0) is 63.1 Å². The third kappa shape index (κ3) is 6.92. The van der Waals surface area contributed by atoms with Crippen molar-refractivity contribution in [2.75, 3.05) is 7.11 Å². The Morgan fingerprint density at radius 1 is 1.03 bits per heavy atom. The first-order valence-electron chi connectivity index (χ1n) is 9.68. The monoisotopic (exact) mass is 450 g/mol. The molecule has 1 atom stereocenters. The summed E-state index contributed by atoms with van der Waals surface area (Å²) < 4.78 is 5.19. The lowest BCUT2D eigenvalue weighted by Crippen LogP contribution is -2.52. The Labute approximate surface area is 188 Å². The highest BCUT2D eigenvalue weighted by molar-refractivity contribution is 6.42. The standard InChI is InChI=1S/C23H28Cl2N2O3/c1-15(22(29)26-23(2,3)4)27(14-16-6-9-18(30-5)10-7-16)21(28)13-17-8-11-19(24)20(25)12-17/h6-12,15H,13-14H2,1-5H3,(H,26,29)/t15-/m1/s1. The number of ether oxygens (including phenoxy) is 1. The van der Waals surface area contributed by atoms with Gasteiger partial charge >= 0.3 is 0 Å². The zero-order valence-electron chi connectivity index (χ0n) is 18.0. The van der Waals surface area contributed by atoms with Gasteiger partial charge in [-0.25, -0.2) is 0 Å². The van der Waals surface area contributed by atoms with Gasteiger partial charge in [-0.2, -0.15) is 0 Å². The quantitative estimate of drug-likeness (QED) is 0.653. The fraction of sp³-hybridized carbons (Fsp3) is 0.391. The van der Waals surface area contributed by atoms with Gasteiger partial charge in [0, 0.05) is 12.1 Å². The first-order chi connectivity index (χ1) is 14.0. The van der Waals surface area contributed by atoms with Gasteiger partial charge in [-0.3, -0.25) is 9.59 Å². The van der Waals surface area contributed by atoms with Gasteiger partial charge in [0.2, 0.25) is 11.8 Å². The second-order valence-corrected chi connectivity index (χ2v) is 9.02. The fourth-order valence-corrected chi connectivity index (χ4v) is 3.23. The predicted molar refractivity (Wildman–Crippen MR) is 121 cm³/mol. The van der Waals surface area contributed by atoms with Crippen molar-refractivity contribution in [2.24, 2.45) is 0 Å². The Bertz CT molecular complexity index is 892. The minimum absolute atomic E-state index is 0.111. The number of nitrogens with one attached hydrogen (secondary N) is 1. The van der Waals surface area contributed by atoms with Crippen LogP contribution in [0.25, 0.3) is 0 Å². The average Bonchev–Trinajstić information content (AvgIpc) is 2.67. The molecule has 2 aromatic rings. The normalized spacial score (nSPS) is 12.2. The van der Waals surface area contributed by atoms with Crippen LogP contribution in [0.4, 0.5) is 0 Å². The van der Waals surface area contributed by atoms with E-state index in [1.54, 1.807) is 37.1 Å². The number of rotatable bonds is 7. The number of hydrogen-bond acceptors (Lipinski definition) is 3. The largest absolute Gasteiger partial charge is 0.497 e. The molecule has 0 radical (unpaired) electrons. The summed E-state index contributed by atoms with van der Waals surface area (Å²) in [6.07, 6.45) is 0.111. The molecule has 2 aromatic carbocycles. The Balaban J connectivity index is 2.26. The Hall–Kier alpha value is -2.24. The fourth-order valence-electron chi connectivity index (χ4n) is 2.91. The van der Waals surface area contributed by atoms with E-state index in [4.69, 9.17) is 27.9 Å². The van der Waals surface area contributed by atoms with Crippen molar-refractivity contribution in [2.45, 2.75) is 52.2 Å². The third-order valence-electron chi connectivity index (χ3n) is 4.52. The Morgan fingerprint density at radius 3 is 2.17 bits per heavy atom. The van der Waals surface area contributed by atoms with Crippen molar-refractivity contribution in [1.29, 1.82) is 0 Å². The molecule has 0 fully saturated rings. The molecular weight excluding hydrogens is 423 g/mol. The van der Waals surface area contributed by atoms with Crippen molar-refractivity contribution >= 4 is 35.0 Å². The molecule has 0 unspecified atom stereocenters. The summed E-state index contributed by atoms with van der Waals surface area (Å²) in [5.74, 6) is 0.338. The average molecular weight is 451 g/mol. The molecule has 2 amide bonds. The molecule has 7 heteroatoms. The molecule has 0 spiro atoms. The molecule has 5 nitrogen and oxygen atoms in total. The van der Waals surface area contributed by atoms with E-state index in [0.717, 1.165) is 16.9 Å². The lowest BCUT2D eigenvalue weighted by molar-refractivity contribution is -0.140. The van der Waals surface area contributed by atoms with Crippen molar-refractivity contribution < 1.29 is 14.3 Å². The molecular formula is C23H28Cl2N2O3. The highest BCUT2D eigenvalue weighted by atomic mass is 35.5. The summed E-state index contributed by atoms with van der Waals surface area (Å²) in [7, 11) is 1.60. The van der Waals surface area contributed by atoms with Crippen molar-refractivity contribution in [3.8, 4) is 5.75 Å². The zero-order chi connectivity index (χ0) is 22.5. The summed E-state index contributed by atoms with van der Waals surface area (Å²) in [6.45, 7) is 7.75. The summed E-state index contributed by atoms with van der Waals surface area (Å²) in [5.41, 5.74) is 1.23. The number of hydrogen-bond donors (Lipinski definition) is 1. The smallest absolute Gasteiger partial charge is 0.242 e. The molecule has 0 saturated carbocycles. The van der Waals surface area contributed by atoms with E-state index in [2.05, 4.69) is 5.32 Å². The van der Waals surface area contributed by atoms with Gasteiger partial charge in [0.1, 0.15) is 11.8 Å². The maximum atomic E-state index is 13.2. The minimum Gasteiger partial charge on any atom is -0.497 e. The van der Waals surface area contributed by atoms with E-state index in [-0.39, 0.29) is 18.2 Å². The maximum Gasteiger partial charge on any atom is 0.242 e. The lowest BCUT2D eigenvalue weighted by atomic mass is 10.1. The predicted octanol–water partition coefficient (Wildman–Crippen LogP) is 4.88. The molecule has 0 aromatic heterocycles. The maximum absolute atomic E-state index is 13.2. The molecule has 0 saturated heterocycles. The molecule has 0 aliphatic rings. The van der Waals surface area contributed by atoms with E-state index in [1.165, 1.54) is 0 Å². The van der Waals surface area contributed by atoms with E-state index >= 15 is 0 Å². The zero-order valence-corrected chi connectivity index (χ0v) is 19.5. The van der Waals surface area contributed by atoms with Gasteiger partial charge < -0.3 is 15.0 Å². The molecule has 30 heavy (non-hydrogen) atoms. The first kappa shape index (κ1) is 24.0. The van der Waals surface area contributed by atoms with E-state index in [1.807, 2.05) is 45.0 Å². The van der Waals surface area contributed by atoms with Crippen molar-refractivity contribution in [1.82, 2.24) is 10.2 Å². The SMILES string of the molecule is COc1ccc(CN(C(=O)Cc2ccc(Cl)c(Cl)c2)[C@H](C)C(=O)NC(C)(C)C)cc1. The van der Waals surface area contributed by atoms with Crippen molar-refractivity contribution in [3.05, 3.63) is 63.6 Å².